The number of methoxy groups -OCH3 is 1. The maximum absolute atomic E-state index is 9.41. The molecule has 2 N–H and O–H groups in total. The van der Waals surface area contributed by atoms with Gasteiger partial charge in [-0.3, -0.25) is 0 Å². The van der Waals surface area contributed by atoms with Crippen molar-refractivity contribution in [2.45, 2.75) is 43.1 Å². The summed E-state index contributed by atoms with van der Waals surface area (Å²) in [6.45, 7) is 0. The lowest BCUT2D eigenvalue weighted by molar-refractivity contribution is 0.413. The van der Waals surface area contributed by atoms with Gasteiger partial charge in [-0.2, -0.15) is 11.8 Å². The molecule has 0 aliphatic heterocycles. The van der Waals surface area contributed by atoms with Gasteiger partial charge in [0, 0.05) is 11.0 Å². The third kappa shape index (κ3) is 4.16. The number of rotatable bonds is 5. The molecule has 1 fully saturated rings. The fourth-order valence-corrected chi connectivity index (χ4v) is 3.86. The zero-order valence-electron chi connectivity index (χ0n) is 11.3. The zero-order valence-corrected chi connectivity index (χ0v) is 12.2. The Bertz CT molecular complexity index is 406. The number of ether oxygens (including phenoxy) is 1. The van der Waals surface area contributed by atoms with Crippen LogP contribution < -0.4 is 10.2 Å². The fourth-order valence-electron chi connectivity index (χ4n) is 2.53. The third-order valence-electron chi connectivity index (χ3n) is 3.66. The Morgan fingerprint density at radius 1 is 1.26 bits per heavy atom. The Morgan fingerprint density at radius 3 is 2.63 bits per heavy atom. The molecule has 1 aliphatic rings. The van der Waals surface area contributed by atoms with Gasteiger partial charge < -0.3 is 14.8 Å². The molecule has 1 aromatic carbocycles. The van der Waals surface area contributed by atoms with Crippen molar-refractivity contribution < 1.29 is 14.8 Å². The van der Waals surface area contributed by atoms with Crippen LogP contribution >= 0.6 is 11.8 Å². The Balaban J connectivity index is 2.03. The van der Waals surface area contributed by atoms with Crippen LogP contribution in [0.15, 0.2) is 18.2 Å². The minimum absolute atomic E-state index is 0.587. The van der Waals surface area contributed by atoms with Crippen LogP contribution in [0.25, 0.3) is 0 Å². The molecule has 0 spiro atoms. The average molecular weight is 280 g/mol. The number of thioether (sulfide) groups is 1. The highest BCUT2D eigenvalue weighted by Gasteiger charge is 2.19. The SMILES string of the molecule is COc1ccc(B(O)O)c(CSC2CCCCC2)c1. The van der Waals surface area contributed by atoms with E-state index in [1.165, 1.54) is 32.1 Å². The Hall–Kier alpha value is -0.645. The number of hydrogen-bond donors (Lipinski definition) is 2. The van der Waals surface area contributed by atoms with Crippen molar-refractivity contribution in [2.24, 2.45) is 0 Å². The molecule has 0 aromatic heterocycles. The van der Waals surface area contributed by atoms with E-state index in [4.69, 9.17) is 4.74 Å². The van der Waals surface area contributed by atoms with Crippen LogP contribution in [0.2, 0.25) is 0 Å². The van der Waals surface area contributed by atoms with Crippen molar-refractivity contribution in [1.82, 2.24) is 0 Å². The van der Waals surface area contributed by atoms with Crippen molar-refractivity contribution in [2.75, 3.05) is 7.11 Å². The zero-order chi connectivity index (χ0) is 13.7. The second-order valence-electron chi connectivity index (χ2n) is 5.01. The van der Waals surface area contributed by atoms with Crippen molar-refractivity contribution in [3.63, 3.8) is 0 Å². The molecule has 0 amide bonds. The molecule has 1 aliphatic carbocycles. The van der Waals surface area contributed by atoms with Gasteiger partial charge in [0.05, 0.1) is 7.11 Å². The molecule has 5 heteroatoms. The summed E-state index contributed by atoms with van der Waals surface area (Å²) >= 11 is 1.92. The van der Waals surface area contributed by atoms with Crippen LogP contribution in [0.5, 0.6) is 5.75 Å². The van der Waals surface area contributed by atoms with Crippen LogP contribution in [0.4, 0.5) is 0 Å². The topological polar surface area (TPSA) is 49.7 Å². The summed E-state index contributed by atoms with van der Waals surface area (Å²) < 4.78 is 5.21. The minimum atomic E-state index is -1.41. The number of benzene rings is 1. The van der Waals surface area contributed by atoms with Gasteiger partial charge in [0.15, 0.2) is 0 Å². The quantitative estimate of drug-likeness (QED) is 0.809. The Kier molecular flexibility index (Phi) is 5.61. The van der Waals surface area contributed by atoms with Crippen molar-refractivity contribution in [3.8, 4) is 5.75 Å². The van der Waals surface area contributed by atoms with Crippen molar-refractivity contribution in [3.05, 3.63) is 23.8 Å². The van der Waals surface area contributed by atoms with Gasteiger partial charge in [-0.25, -0.2) is 0 Å². The summed E-state index contributed by atoms with van der Waals surface area (Å²) in [7, 11) is 0.218. The van der Waals surface area contributed by atoms with Crippen molar-refractivity contribution >= 4 is 24.3 Å². The van der Waals surface area contributed by atoms with Crippen LogP contribution in [-0.4, -0.2) is 29.5 Å². The lowest BCUT2D eigenvalue weighted by Crippen LogP contribution is -2.32. The average Bonchev–Trinajstić information content (AvgIpc) is 2.45. The first kappa shape index (κ1) is 14.8. The molecule has 104 valence electrons. The van der Waals surface area contributed by atoms with E-state index in [0.29, 0.717) is 10.7 Å². The van der Waals surface area contributed by atoms with E-state index >= 15 is 0 Å². The molecule has 2 rings (SSSR count). The van der Waals surface area contributed by atoms with Crippen LogP contribution in [0.1, 0.15) is 37.7 Å². The first-order valence-corrected chi connectivity index (χ1v) is 7.90. The van der Waals surface area contributed by atoms with Gasteiger partial charge in [-0.15, -0.1) is 0 Å². The summed E-state index contributed by atoms with van der Waals surface area (Å²) in [6, 6.07) is 5.41. The molecule has 1 saturated carbocycles. The van der Waals surface area contributed by atoms with Gasteiger partial charge in [-0.05, 0) is 36.0 Å². The van der Waals surface area contributed by atoms with E-state index < -0.39 is 7.12 Å². The molecule has 0 atom stereocenters. The lowest BCUT2D eigenvalue weighted by atomic mass is 9.77. The smallest absolute Gasteiger partial charge is 0.488 e. The monoisotopic (exact) mass is 280 g/mol. The number of hydrogen-bond acceptors (Lipinski definition) is 4. The molecule has 1 aromatic rings. The van der Waals surface area contributed by atoms with Gasteiger partial charge >= 0.3 is 7.12 Å². The fraction of sp³-hybridized carbons (Fsp3) is 0.571. The Labute approximate surface area is 119 Å². The predicted molar refractivity (Wildman–Crippen MR) is 81.0 cm³/mol. The first-order chi connectivity index (χ1) is 9.20. The van der Waals surface area contributed by atoms with E-state index in [-0.39, 0.29) is 0 Å². The summed E-state index contributed by atoms with van der Waals surface area (Å²) in [4.78, 5) is 0. The summed E-state index contributed by atoms with van der Waals surface area (Å²) in [6.07, 6.45) is 6.57. The molecule has 0 radical (unpaired) electrons. The minimum Gasteiger partial charge on any atom is -0.497 e. The Morgan fingerprint density at radius 2 is 2.00 bits per heavy atom. The molecule has 0 unspecified atom stereocenters. The van der Waals surface area contributed by atoms with E-state index in [2.05, 4.69) is 0 Å². The maximum atomic E-state index is 9.41. The van der Waals surface area contributed by atoms with E-state index in [1.54, 1.807) is 19.2 Å². The molecule has 19 heavy (non-hydrogen) atoms. The van der Waals surface area contributed by atoms with E-state index in [9.17, 15) is 10.0 Å². The van der Waals surface area contributed by atoms with Gasteiger partial charge in [0.1, 0.15) is 5.75 Å². The summed E-state index contributed by atoms with van der Waals surface area (Å²) in [5.41, 5.74) is 1.55. The molecular weight excluding hydrogens is 259 g/mol. The summed E-state index contributed by atoms with van der Waals surface area (Å²) in [5, 5.41) is 19.5. The van der Waals surface area contributed by atoms with E-state index in [0.717, 1.165) is 17.1 Å². The first-order valence-electron chi connectivity index (χ1n) is 6.85. The second kappa shape index (κ2) is 7.22. The van der Waals surface area contributed by atoms with Gasteiger partial charge in [0.25, 0.3) is 0 Å². The largest absolute Gasteiger partial charge is 0.497 e. The highest BCUT2D eigenvalue weighted by Crippen LogP contribution is 2.30. The van der Waals surface area contributed by atoms with Gasteiger partial charge in [-0.1, -0.05) is 25.3 Å². The van der Waals surface area contributed by atoms with Gasteiger partial charge in [0.2, 0.25) is 0 Å². The maximum Gasteiger partial charge on any atom is 0.488 e. The lowest BCUT2D eigenvalue weighted by Gasteiger charge is -2.21. The molecule has 0 saturated heterocycles. The predicted octanol–water partition coefficient (Wildman–Crippen LogP) is 1.94. The molecule has 3 nitrogen and oxygen atoms in total. The molecule has 0 heterocycles. The molecular formula is C14H21BO3S. The third-order valence-corrected chi connectivity index (χ3v) is 5.08. The van der Waals surface area contributed by atoms with E-state index in [1.807, 2.05) is 17.8 Å². The molecule has 0 bridgehead atoms. The van der Waals surface area contributed by atoms with Crippen LogP contribution in [-0.2, 0) is 5.75 Å². The summed E-state index contributed by atoms with van der Waals surface area (Å²) in [5.74, 6) is 1.58. The second-order valence-corrected chi connectivity index (χ2v) is 6.30. The standard InChI is InChI=1S/C14H21BO3S/c1-18-12-7-8-14(15(16)17)11(9-12)10-19-13-5-3-2-4-6-13/h7-9,13,16-17H,2-6,10H2,1H3. The van der Waals surface area contributed by atoms with Crippen molar-refractivity contribution in [1.29, 1.82) is 0 Å². The highest BCUT2D eigenvalue weighted by atomic mass is 32.2. The van der Waals surface area contributed by atoms with Crippen LogP contribution in [0, 0.1) is 0 Å². The van der Waals surface area contributed by atoms with Crippen LogP contribution in [0.3, 0.4) is 0 Å². The highest BCUT2D eigenvalue weighted by molar-refractivity contribution is 7.99. The normalized spacial score (nSPS) is 16.4.